The van der Waals surface area contributed by atoms with E-state index < -0.39 is 12.1 Å². The molecule has 2 amide bonds. The summed E-state index contributed by atoms with van der Waals surface area (Å²) < 4.78 is 11.8. The van der Waals surface area contributed by atoms with E-state index in [0.29, 0.717) is 24.9 Å². The maximum Gasteiger partial charge on any atom is 0.407 e. The van der Waals surface area contributed by atoms with Crippen molar-refractivity contribution in [1.29, 1.82) is 0 Å². The molecular weight excluding hydrogens is 646 g/mol. The van der Waals surface area contributed by atoms with Gasteiger partial charge in [0.25, 0.3) is 0 Å². The number of hydrogen-bond donors (Lipinski definition) is 4. The van der Waals surface area contributed by atoms with Gasteiger partial charge in [-0.3, -0.25) is 9.69 Å². The molecule has 3 aliphatic heterocycles. The number of aromatic nitrogens is 4. The number of imidazole rings is 2. The van der Waals surface area contributed by atoms with Gasteiger partial charge in [-0.05, 0) is 76.9 Å². The molecule has 2 saturated heterocycles. The fourth-order valence-electron chi connectivity index (χ4n) is 8.41. The molecule has 5 atom stereocenters. The first-order valence-corrected chi connectivity index (χ1v) is 17.9. The van der Waals surface area contributed by atoms with E-state index in [1.807, 2.05) is 20.0 Å². The first-order chi connectivity index (χ1) is 24.6. The van der Waals surface area contributed by atoms with Gasteiger partial charge in [0, 0.05) is 38.2 Å². The Bertz CT molecular complexity index is 2140. The van der Waals surface area contributed by atoms with E-state index in [9.17, 15) is 14.7 Å². The number of benzene rings is 3. The number of ether oxygens (including phenoxy) is 2. The van der Waals surface area contributed by atoms with E-state index in [1.165, 1.54) is 7.05 Å². The molecule has 51 heavy (non-hydrogen) atoms. The van der Waals surface area contributed by atoms with E-state index in [-0.39, 0.29) is 29.8 Å². The molecule has 0 radical (unpaired) electrons. The number of carboxylic acid groups (broad SMARTS) is 1. The summed E-state index contributed by atoms with van der Waals surface area (Å²) in [6, 6.07) is 14.1. The number of rotatable bonds is 8. The molecule has 5 aromatic rings. The van der Waals surface area contributed by atoms with Crippen molar-refractivity contribution in [3.05, 3.63) is 65.9 Å². The third-order valence-corrected chi connectivity index (χ3v) is 10.9. The highest BCUT2D eigenvalue weighted by Crippen LogP contribution is 2.43. The number of carbonyl (C=O) groups is 2. The summed E-state index contributed by atoms with van der Waals surface area (Å²) in [6.07, 6.45) is 2.45. The van der Waals surface area contributed by atoms with Crippen LogP contribution in [0.15, 0.2) is 48.7 Å². The SMILES string of the molecule is COC[C@@H]1CN[C@H](c2nc3ccc4cc5c(cc4c3[nH]2)OCc2cc(-c3cnc([C@@H]4C[C@H](C)CN4C(=O)[C@H](C(C)C)N(C)C(=O)O)[nH]3)ccc2-5)C1. The normalized spacial score (nSPS) is 22.0. The molecule has 3 aromatic carbocycles. The van der Waals surface area contributed by atoms with Crippen LogP contribution in [0.4, 0.5) is 4.79 Å². The van der Waals surface area contributed by atoms with E-state index in [4.69, 9.17) is 19.4 Å². The Kier molecular flexibility index (Phi) is 8.46. The summed E-state index contributed by atoms with van der Waals surface area (Å²) in [5.41, 5.74) is 7.08. The van der Waals surface area contributed by atoms with Crippen molar-refractivity contribution in [3.8, 4) is 28.1 Å². The molecule has 2 aromatic heterocycles. The zero-order valence-electron chi connectivity index (χ0n) is 29.7. The molecule has 5 heterocycles. The van der Waals surface area contributed by atoms with Crippen LogP contribution in [0.2, 0.25) is 0 Å². The molecule has 8 rings (SSSR count). The topological polar surface area (TPSA) is 149 Å². The summed E-state index contributed by atoms with van der Waals surface area (Å²) >= 11 is 0. The molecule has 0 unspecified atom stereocenters. The maximum absolute atomic E-state index is 13.8. The second kappa shape index (κ2) is 13.0. The van der Waals surface area contributed by atoms with Crippen LogP contribution >= 0.6 is 0 Å². The third kappa shape index (κ3) is 5.89. The van der Waals surface area contributed by atoms with Crippen LogP contribution in [0.5, 0.6) is 5.75 Å². The fraction of sp³-hybridized carbons (Fsp3) is 0.436. The number of likely N-dealkylation sites (N-methyl/N-ethyl adjacent to an activating group) is 1. The van der Waals surface area contributed by atoms with Crippen molar-refractivity contribution in [1.82, 2.24) is 35.1 Å². The largest absolute Gasteiger partial charge is 0.488 e. The molecule has 0 bridgehead atoms. The van der Waals surface area contributed by atoms with Crippen LogP contribution < -0.4 is 10.1 Å². The minimum atomic E-state index is -1.11. The minimum absolute atomic E-state index is 0.170. The quantitative estimate of drug-likeness (QED) is 0.144. The van der Waals surface area contributed by atoms with E-state index in [1.54, 1.807) is 12.0 Å². The van der Waals surface area contributed by atoms with Gasteiger partial charge >= 0.3 is 6.09 Å². The average Bonchev–Trinajstić information content (AvgIpc) is 3.93. The first kappa shape index (κ1) is 33.2. The van der Waals surface area contributed by atoms with Crippen molar-refractivity contribution in [2.24, 2.45) is 17.8 Å². The van der Waals surface area contributed by atoms with Gasteiger partial charge in [-0.1, -0.05) is 39.0 Å². The Morgan fingerprint density at radius 2 is 1.94 bits per heavy atom. The van der Waals surface area contributed by atoms with Gasteiger partial charge < -0.3 is 34.8 Å². The Balaban J connectivity index is 1.05. The molecule has 0 aliphatic carbocycles. The Morgan fingerprint density at radius 3 is 2.73 bits per heavy atom. The van der Waals surface area contributed by atoms with Gasteiger partial charge in [-0.25, -0.2) is 14.8 Å². The zero-order valence-corrected chi connectivity index (χ0v) is 29.7. The van der Waals surface area contributed by atoms with Crippen molar-refractivity contribution >= 4 is 33.8 Å². The van der Waals surface area contributed by atoms with Crippen LogP contribution in [-0.2, 0) is 16.1 Å². The number of methoxy groups -OCH3 is 1. The molecule has 12 nitrogen and oxygen atoms in total. The van der Waals surface area contributed by atoms with Crippen LogP contribution in [0, 0.1) is 17.8 Å². The number of nitrogens with zero attached hydrogens (tertiary/aromatic N) is 4. The lowest BCUT2D eigenvalue weighted by molar-refractivity contribution is -0.138. The lowest BCUT2D eigenvalue weighted by atomic mass is 9.92. The highest BCUT2D eigenvalue weighted by molar-refractivity contribution is 6.07. The lowest BCUT2D eigenvalue weighted by Crippen LogP contribution is -2.51. The molecule has 0 spiro atoms. The van der Waals surface area contributed by atoms with Gasteiger partial charge in [0.1, 0.15) is 30.0 Å². The number of amides is 2. The van der Waals surface area contributed by atoms with Crippen LogP contribution in [0.1, 0.15) is 62.9 Å². The van der Waals surface area contributed by atoms with Crippen molar-refractivity contribution in [3.63, 3.8) is 0 Å². The Labute approximate surface area is 296 Å². The number of hydrogen-bond acceptors (Lipinski definition) is 7. The zero-order chi connectivity index (χ0) is 35.6. The van der Waals surface area contributed by atoms with Crippen LogP contribution in [-0.4, -0.2) is 86.7 Å². The predicted molar refractivity (Wildman–Crippen MR) is 194 cm³/mol. The summed E-state index contributed by atoms with van der Waals surface area (Å²) in [4.78, 5) is 45.3. The Morgan fingerprint density at radius 1 is 1.10 bits per heavy atom. The van der Waals surface area contributed by atoms with E-state index >= 15 is 0 Å². The predicted octanol–water partition coefficient (Wildman–Crippen LogP) is 6.51. The van der Waals surface area contributed by atoms with Gasteiger partial charge in [-0.2, -0.15) is 0 Å². The summed E-state index contributed by atoms with van der Waals surface area (Å²) in [7, 11) is 3.22. The standard InChI is InChI=1S/C39H45N7O5/c1-20(2)35(45(4)39(48)49)38(47)46-17-21(3)10-32(46)37-41-16-31(43-37)24-6-8-26-25(12-24)19-51-33-14-27-23(13-28(26)33)7-9-29-34(27)44-36(42-29)30-11-22(15-40-30)18-50-5/h6-9,12-14,16,20-22,30,32,35,40H,10-11,15,17-19H2,1-5H3,(H,41,43)(H,42,44)(H,48,49)/t21-,22-,30-,32-,35-/m0/s1. The van der Waals surface area contributed by atoms with Gasteiger partial charge in [-0.15, -0.1) is 0 Å². The number of nitrogens with one attached hydrogen (secondary N) is 3. The van der Waals surface area contributed by atoms with Crippen molar-refractivity contribution in [2.75, 3.05) is 33.9 Å². The molecular formula is C39H45N7O5. The highest BCUT2D eigenvalue weighted by atomic mass is 16.5. The number of likely N-dealkylation sites (tertiary alicyclic amines) is 1. The van der Waals surface area contributed by atoms with Gasteiger partial charge in [0.2, 0.25) is 5.91 Å². The third-order valence-electron chi connectivity index (χ3n) is 10.9. The summed E-state index contributed by atoms with van der Waals surface area (Å²) in [5.74, 6) is 2.91. The molecule has 2 fully saturated rings. The molecule has 266 valence electrons. The average molecular weight is 692 g/mol. The van der Waals surface area contributed by atoms with Gasteiger partial charge in [0.15, 0.2) is 0 Å². The van der Waals surface area contributed by atoms with Crippen LogP contribution in [0.25, 0.3) is 44.2 Å². The summed E-state index contributed by atoms with van der Waals surface area (Å²) in [6.45, 7) is 8.54. The summed E-state index contributed by atoms with van der Waals surface area (Å²) in [5, 5.41) is 15.5. The number of carbonyl (C=O) groups excluding carboxylic acids is 1. The second-order valence-corrected chi connectivity index (χ2v) is 14.9. The molecule has 0 saturated carbocycles. The van der Waals surface area contributed by atoms with Crippen LogP contribution in [0.3, 0.4) is 0 Å². The molecule has 12 heteroatoms. The lowest BCUT2D eigenvalue weighted by Gasteiger charge is -2.33. The van der Waals surface area contributed by atoms with E-state index in [2.05, 4.69) is 64.7 Å². The monoisotopic (exact) mass is 691 g/mol. The number of aromatic amines is 2. The smallest absolute Gasteiger partial charge is 0.407 e. The fourth-order valence-corrected chi connectivity index (χ4v) is 8.41. The first-order valence-electron chi connectivity index (χ1n) is 17.9. The van der Waals surface area contributed by atoms with Crippen molar-refractivity contribution in [2.45, 2.75) is 58.3 Å². The maximum atomic E-state index is 13.8. The number of H-pyrrole nitrogens is 2. The van der Waals surface area contributed by atoms with Gasteiger partial charge in [0.05, 0.1) is 41.6 Å². The Hall–Kier alpha value is -4.94. The number of fused-ring (bicyclic) bond motifs is 6. The molecule has 3 aliphatic rings. The van der Waals surface area contributed by atoms with E-state index in [0.717, 1.165) is 92.2 Å². The highest BCUT2D eigenvalue weighted by Gasteiger charge is 2.41. The minimum Gasteiger partial charge on any atom is -0.488 e. The molecule has 4 N–H and O–H groups in total. The van der Waals surface area contributed by atoms with Crippen molar-refractivity contribution < 1.29 is 24.2 Å². The second-order valence-electron chi connectivity index (χ2n) is 14.9.